The molecule has 10 heteroatoms. The molecule has 0 atom stereocenters. The van der Waals surface area contributed by atoms with Crippen molar-refractivity contribution >= 4 is 22.7 Å². The van der Waals surface area contributed by atoms with Gasteiger partial charge in [-0.3, -0.25) is 4.79 Å². The third-order valence-corrected chi connectivity index (χ3v) is 6.80. The first kappa shape index (κ1) is 25.7. The van der Waals surface area contributed by atoms with Crippen LogP contribution in [0.3, 0.4) is 0 Å². The van der Waals surface area contributed by atoms with Gasteiger partial charge in [0.15, 0.2) is 5.82 Å². The maximum atomic E-state index is 14.9. The molecule has 0 spiro atoms. The lowest BCUT2D eigenvalue weighted by atomic mass is 9.95. The second-order valence-electron chi connectivity index (χ2n) is 9.74. The molecule has 1 fully saturated rings. The summed E-state index contributed by atoms with van der Waals surface area (Å²) in [4.78, 5) is 27.4. The minimum absolute atomic E-state index is 0.172. The highest BCUT2D eigenvalue weighted by Gasteiger charge is 2.27. The number of carbonyl (C=O) groups is 1. The van der Waals surface area contributed by atoms with Crippen LogP contribution in [0.2, 0.25) is 0 Å². The van der Waals surface area contributed by atoms with Crippen molar-refractivity contribution < 1.29 is 22.8 Å². The van der Waals surface area contributed by atoms with Gasteiger partial charge in [-0.15, -0.1) is 0 Å². The largest absolute Gasteiger partial charge is 0.466 e. The first-order valence-electron chi connectivity index (χ1n) is 12.8. The Morgan fingerprint density at radius 2 is 1.95 bits per heavy atom. The number of aromatic nitrogens is 4. The van der Waals surface area contributed by atoms with Gasteiger partial charge in [-0.2, -0.15) is 4.98 Å². The summed E-state index contributed by atoms with van der Waals surface area (Å²) in [7, 11) is 0. The van der Waals surface area contributed by atoms with E-state index in [0.717, 1.165) is 18.7 Å². The molecule has 4 aromatic rings. The molecule has 0 unspecified atom stereocenters. The quantitative estimate of drug-likeness (QED) is 0.291. The molecule has 0 radical (unpaired) electrons. The van der Waals surface area contributed by atoms with Crippen molar-refractivity contribution in [1.82, 2.24) is 20.1 Å². The molecule has 38 heavy (non-hydrogen) atoms. The number of halogens is 2. The van der Waals surface area contributed by atoms with Gasteiger partial charge in [-0.05, 0) is 49.1 Å². The number of carbonyl (C=O) groups excluding carboxylic acids is 1. The lowest BCUT2D eigenvalue weighted by Gasteiger charge is -2.32. The van der Waals surface area contributed by atoms with Crippen LogP contribution in [0, 0.1) is 11.6 Å². The van der Waals surface area contributed by atoms with Crippen LogP contribution in [0.25, 0.3) is 22.0 Å². The Kier molecular flexibility index (Phi) is 7.31. The van der Waals surface area contributed by atoms with Crippen LogP contribution in [0.1, 0.15) is 62.7 Å². The summed E-state index contributed by atoms with van der Waals surface area (Å²) in [5, 5.41) is 4.72. The first-order valence-corrected chi connectivity index (χ1v) is 12.8. The van der Waals surface area contributed by atoms with Crippen molar-refractivity contribution in [3.8, 4) is 11.1 Å². The summed E-state index contributed by atoms with van der Waals surface area (Å²) >= 11 is 0. The van der Waals surface area contributed by atoms with E-state index in [0.29, 0.717) is 46.8 Å². The van der Waals surface area contributed by atoms with Crippen molar-refractivity contribution in [3.63, 3.8) is 0 Å². The van der Waals surface area contributed by atoms with Crippen LogP contribution in [0.4, 0.5) is 14.6 Å². The molecular weight excluding hydrogens is 492 g/mol. The van der Waals surface area contributed by atoms with Gasteiger partial charge in [0.25, 0.3) is 0 Å². The van der Waals surface area contributed by atoms with E-state index in [1.165, 1.54) is 30.6 Å². The topological polar surface area (TPSA) is 94.2 Å². The van der Waals surface area contributed by atoms with Crippen LogP contribution in [0.15, 0.2) is 41.2 Å². The summed E-state index contributed by atoms with van der Waals surface area (Å²) in [6.07, 6.45) is 2.88. The zero-order valence-electron chi connectivity index (χ0n) is 21.6. The van der Waals surface area contributed by atoms with Crippen LogP contribution < -0.4 is 4.90 Å². The minimum Gasteiger partial charge on any atom is -0.466 e. The maximum Gasteiger partial charge on any atom is 0.310 e. The monoisotopic (exact) mass is 521 g/mol. The fourth-order valence-corrected chi connectivity index (χ4v) is 4.81. The second-order valence-corrected chi connectivity index (χ2v) is 9.74. The lowest BCUT2D eigenvalue weighted by molar-refractivity contribution is -0.142. The Labute approximate surface area is 219 Å². The van der Waals surface area contributed by atoms with Crippen molar-refractivity contribution in [1.29, 1.82) is 0 Å². The SMILES string of the molecule is CCOC(=O)Cc1ccc(-c2cc(F)cc3c(N4CCC(c5noc(C(C)C)n5)CC4)ncnc23)cc1F. The molecule has 1 saturated heterocycles. The number of benzene rings is 2. The number of anilines is 1. The van der Waals surface area contributed by atoms with Crippen LogP contribution in [-0.4, -0.2) is 45.8 Å². The molecular formula is C28H29F2N5O3. The Morgan fingerprint density at radius 3 is 2.63 bits per heavy atom. The Morgan fingerprint density at radius 1 is 1.16 bits per heavy atom. The van der Waals surface area contributed by atoms with Gasteiger partial charge in [0, 0.05) is 35.9 Å². The number of piperidine rings is 1. The van der Waals surface area contributed by atoms with Crippen LogP contribution in [0.5, 0.6) is 0 Å². The van der Waals surface area contributed by atoms with Crippen molar-refractivity contribution in [2.45, 2.75) is 51.9 Å². The predicted molar refractivity (Wildman–Crippen MR) is 138 cm³/mol. The van der Waals surface area contributed by atoms with E-state index in [-0.39, 0.29) is 30.4 Å². The fraction of sp³-hybridized carbons (Fsp3) is 0.393. The van der Waals surface area contributed by atoms with Crippen molar-refractivity contribution in [3.05, 3.63) is 65.6 Å². The molecule has 198 valence electrons. The molecule has 2 aromatic heterocycles. The van der Waals surface area contributed by atoms with Gasteiger partial charge < -0.3 is 14.2 Å². The number of ether oxygens (including phenoxy) is 1. The molecule has 8 nitrogen and oxygen atoms in total. The molecule has 0 aliphatic carbocycles. The van der Waals surface area contributed by atoms with Crippen molar-refractivity contribution in [2.75, 3.05) is 24.6 Å². The average Bonchev–Trinajstić information content (AvgIpc) is 3.40. The fourth-order valence-electron chi connectivity index (χ4n) is 4.81. The number of fused-ring (bicyclic) bond motifs is 1. The zero-order chi connectivity index (χ0) is 26.8. The number of esters is 1. The molecule has 0 saturated carbocycles. The van der Waals surface area contributed by atoms with E-state index >= 15 is 0 Å². The van der Waals surface area contributed by atoms with E-state index in [2.05, 4.69) is 25.0 Å². The molecule has 1 aliphatic heterocycles. The lowest BCUT2D eigenvalue weighted by Crippen LogP contribution is -2.34. The first-order chi connectivity index (χ1) is 18.3. The van der Waals surface area contributed by atoms with Gasteiger partial charge in [-0.25, -0.2) is 18.7 Å². The Balaban J connectivity index is 1.41. The maximum absolute atomic E-state index is 14.9. The summed E-state index contributed by atoms with van der Waals surface area (Å²) in [5.41, 5.74) is 1.65. The second kappa shape index (κ2) is 10.8. The van der Waals surface area contributed by atoms with E-state index < -0.39 is 17.6 Å². The normalized spacial score (nSPS) is 14.4. The molecule has 3 heterocycles. The highest BCUT2D eigenvalue weighted by molar-refractivity contribution is 5.99. The molecule has 0 bridgehead atoms. The van der Waals surface area contributed by atoms with Crippen molar-refractivity contribution in [2.24, 2.45) is 0 Å². The molecule has 2 aromatic carbocycles. The van der Waals surface area contributed by atoms with E-state index in [9.17, 15) is 13.6 Å². The summed E-state index contributed by atoms with van der Waals surface area (Å²) < 4.78 is 40.0. The summed E-state index contributed by atoms with van der Waals surface area (Å²) in [6, 6.07) is 7.24. The van der Waals surface area contributed by atoms with E-state index in [1.54, 1.807) is 13.0 Å². The molecule has 5 rings (SSSR count). The third-order valence-electron chi connectivity index (χ3n) is 6.80. The number of rotatable bonds is 7. The van der Waals surface area contributed by atoms with Gasteiger partial charge in [0.1, 0.15) is 23.8 Å². The van der Waals surface area contributed by atoms with E-state index in [4.69, 9.17) is 9.26 Å². The highest BCUT2D eigenvalue weighted by Crippen LogP contribution is 2.36. The molecule has 0 N–H and O–H groups in total. The highest BCUT2D eigenvalue weighted by atomic mass is 19.1. The van der Waals surface area contributed by atoms with E-state index in [1.807, 2.05) is 13.8 Å². The summed E-state index contributed by atoms with van der Waals surface area (Å²) in [6.45, 7) is 7.32. The minimum atomic E-state index is -0.564. The van der Waals surface area contributed by atoms with Crippen LogP contribution in [-0.2, 0) is 16.0 Å². The summed E-state index contributed by atoms with van der Waals surface area (Å²) in [5.74, 6) is 0.809. The van der Waals surface area contributed by atoms with Gasteiger partial charge in [0.05, 0.1) is 18.5 Å². The van der Waals surface area contributed by atoms with Crippen LogP contribution >= 0.6 is 0 Å². The van der Waals surface area contributed by atoms with Gasteiger partial charge in [0.2, 0.25) is 5.89 Å². The van der Waals surface area contributed by atoms with Gasteiger partial charge in [-0.1, -0.05) is 31.1 Å². The Hall–Kier alpha value is -3.95. The zero-order valence-corrected chi connectivity index (χ0v) is 21.6. The number of hydrogen-bond acceptors (Lipinski definition) is 8. The smallest absolute Gasteiger partial charge is 0.310 e. The Bertz CT molecular complexity index is 1460. The number of hydrogen-bond donors (Lipinski definition) is 0. The predicted octanol–water partition coefficient (Wildman–Crippen LogP) is 5.57. The standard InChI is InChI=1S/C28H29F2N5O3/c1-4-37-24(36)12-19-6-5-18(11-23(19)30)21-13-20(29)14-22-25(21)31-15-32-27(22)35-9-7-17(8-10-35)26-33-28(16(2)3)38-34-26/h5-6,11,13-17H,4,7-10,12H2,1-3H3. The number of nitrogens with zero attached hydrogens (tertiary/aromatic N) is 5. The third kappa shape index (κ3) is 5.20. The average molecular weight is 522 g/mol. The molecule has 0 amide bonds. The van der Waals surface area contributed by atoms with Gasteiger partial charge >= 0.3 is 5.97 Å². The molecule has 1 aliphatic rings.